The van der Waals surface area contributed by atoms with Crippen molar-refractivity contribution in [2.45, 2.75) is 63.5 Å². The molecule has 0 bridgehead atoms. The smallest absolute Gasteiger partial charge is 0.257 e. The number of nitrogens with one attached hydrogen (secondary N) is 1. The highest BCUT2D eigenvalue weighted by molar-refractivity contribution is 6.36. The zero-order valence-electron chi connectivity index (χ0n) is 22.3. The van der Waals surface area contributed by atoms with E-state index in [1.54, 1.807) is 18.3 Å². The molecule has 1 atom stereocenters. The summed E-state index contributed by atoms with van der Waals surface area (Å²) in [5.41, 5.74) is 2.49. The summed E-state index contributed by atoms with van der Waals surface area (Å²) in [4.78, 5) is 31.7. The first-order valence-corrected chi connectivity index (χ1v) is 14.5. The van der Waals surface area contributed by atoms with Gasteiger partial charge in [0.15, 0.2) is 5.78 Å². The van der Waals surface area contributed by atoms with Crippen LogP contribution in [0.3, 0.4) is 0 Å². The van der Waals surface area contributed by atoms with Gasteiger partial charge in [-0.15, -0.1) is 0 Å². The van der Waals surface area contributed by atoms with E-state index in [4.69, 9.17) is 32.8 Å². The van der Waals surface area contributed by atoms with Gasteiger partial charge in [-0.05, 0) is 49.4 Å². The van der Waals surface area contributed by atoms with Crippen molar-refractivity contribution in [3.8, 4) is 0 Å². The Morgan fingerprint density at radius 1 is 1.03 bits per heavy atom. The van der Waals surface area contributed by atoms with Crippen molar-refractivity contribution in [1.82, 2.24) is 9.63 Å². The number of ketones is 1. The number of aryl methyl sites for hydroxylation is 1. The largest absolute Gasteiger partial charge is 0.377 e. The Kier molecular flexibility index (Phi) is 9.25. The van der Waals surface area contributed by atoms with Gasteiger partial charge < -0.3 is 14.6 Å². The maximum absolute atomic E-state index is 13.0. The molecule has 1 saturated heterocycles. The number of ether oxygens (including phenoxy) is 1. The molecule has 0 spiro atoms. The van der Waals surface area contributed by atoms with Crippen LogP contribution in [0.1, 0.15) is 60.9 Å². The molecular formula is C30H35Cl2N3O4. The molecule has 1 N–H and O–H groups in total. The van der Waals surface area contributed by atoms with Crippen molar-refractivity contribution in [3.05, 3.63) is 63.8 Å². The number of hydrogen-bond acceptors (Lipinski definition) is 5. The van der Waals surface area contributed by atoms with Crippen LogP contribution in [-0.4, -0.2) is 53.2 Å². The second kappa shape index (κ2) is 12.8. The molecule has 7 nitrogen and oxygen atoms in total. The van der Waals surface area contributed by atoms with Gasteiger partial charge >= 0.3 is 0 Å². The number of para-hydroxylation sites is 1. The van der Waals surface area contributed by atoms with Gasteiger partial charge in [-0.25, -0.2) is 0 Å². The summed E-state index contributed by atoms with van der Waals surface area (Å²) in [6, 6.07) is 11.1. The Morgan fingerprint density at radius 2 is 1.82 bits per heavy atom. The normalized spacial score (nSPS) is 18.6. The molecule has 1 aliphatic carbocycles. The minimum atomic E-state index is -0.283. The molecule has 2 heterocycles. The fourth-order valence-electron chi connectivity index (χ4n) is 5.57. The van der Waals surface area contributed by atoms with E-state index in [1.165, 1.54) is 19.3 Å². The van der Waals surface area contributed by atoms with Crippen LogP contribution in [0.25, 0.3) is 10.9 Å². The van der Waals surface area contributed by atoms with Crippen LogP contribution >= 0.6 is 23.2 Å². The van der Waals surface area contributed by atoms with Crippen LogP contribution in [0.4, 0.5) is 5.69 Å². The summed E-state index contributed by atoms with van der Waals surface area (Å²) in [7, 11) is 1.90. The number of carbonyl (C=O) groups excluding carboxylic acids is 2. The highest BCUT2D eigenvalue weighted by atomic mass is 35.5. The Hall–Kier alpha value is -2.42. The molecule has 5 rings (SSSR count). The summed E-state index contributed by atoms with van der Waals surface area (Å²) < 4.78 is 8.05. The molecule has 0 radical (unpaired) electrons. The summed E-state index contributed by atoms with van der Waals surface area (Å²) >= 11 is 13.0. The van der Waals surface area contributed by atoms with Crippen molar-refractivity contribution < 1.29 is 19.2 Å². The van der Waals surface area contributed by atoms with Gasteiger partial charge in [0, 0.05) is 42.1 Å². The number of benzene rings is 2. The fraction of sp³-hybridized carbons (Fsp3) is 0.467. The molecule has 2 aromatic carbocycles. The number of Topliss-reactive ketones (excluding diaryl/α,β-unsaturated/α-hetero) is 1. The van der Waals surface area contributed by atoms with Crippen molar-refractivity contribution in [3.63, 3.8) is 0 Å². The van der Waals surface area contributed by atoms with Crippen LogP contribution in [0.15, 0.2) is 42.6 Å². The predicted octanol–water partition coefficient (Wildman–Crippen LogP) is 6.59. The number of fused-ring (bicyclic) bond motifs is 1. The highest BCUT2D eigenvalue weighted by Crippen LogP contribution is 2.31. The summed E-state index contributed by atoms with van der Waals surface area (Å²) in [5, 5.41) is 6.29. The lowest BCUT2D eigenvalue weighted by Gasteiger charge is -2.27. The number of rotatable bonds is 10. The van der Waals surface area contributed by atoms with E-state index in [9.17, 15) is 9.59 Å². The second-order valence-electron chi connectivity index (χ2n) is 10.6. The molecule has 2 aliphatic rings. The zero-order chi connectivity index (χ0) is 27.4. The van der Waals surface area contributed by atoms with Gasteiger partial charge in [-0.1, -0.05) is 60.7 Å². The molecule has 0 unspecified atom stereocenters. The molecule has 1 aromatic heterocycles. The van der Waals surface area contributed by atoms with Crippen LogP contribution in [0.2, 0.25) is 10.0 Å². The van der Waals surface area contributed by atoms with Crippen molar-refractivity contribution in [1.29, 1.82) is 0 Å². The fourth-order valence-corrected chi connectivity index (χ4v) is 6.04. The summed E-state index contributed by atoms with van der Waals surface area (Å²) in [5.74, 6) is -0.381. The first-order valence-electron chi connectivity index (χ1n) is 13.7. The third kappa shape index (κ3) is 6.84. The van der Waals surface area contributed by atoms with Crippen LogP contribution in [0, 0.1) is 0 Å². The highest BCUT2D eigenvalue weighted by Gasteiger charge is 2.28. The molecule has 39 heavy (non-hydrogen) atoms. The number of amides is 1. The minimum absolute atomic E-state index is 0.0343. The predicted molar refractivity (Wildman–Crippen MR) is 155 cm³/mol. The van der Waals surface area contributed by atoms with Gasteiger partial charge in [0.2, 0.25) is 0 Å². The molecule has 3 aromatic rings. The van der Waals surface area contributed by atoms with Gasteiger partial charge in [-0.2, -0.15) is 5.06 Å². The van der Waals surface area contributed by atoms with Crippen LogP contribution in [0.5, 0.6) is 0 Å². The first kappa shape index (κ1) is 28.1. The molecule has 1 aliphatic heterocycles. The third-order valence-electron chi connectivity index (χ3n) is 7.70. The maximum atomic E-state index is 13.0. The van der Waals surface area contributed by atoms with Crippen LogP contribution < -0.4 is 5.32 Å². The number of carbonyl (C=O) groups is 2. The van der Waals surface area contributed by atoms with Gasteiger partial charge in [0.1, 0.15) is 6.61 Å². The number of hydroxylamine groups is 2. The number of anilines is 1. The van der Waals surface area contributed by atoms with Crippen molar-refractivity contribution in [2.24, 2.45) is 7.05 Å². The Bertz CT molecular complexity index is 1340. The van der Waals surface area contributed by atoms with Crippen molar-refractivity contribution >= 4 is 51.5 Å². The molecular weight excluding hydrogens is 537 g/mol. The summed E-state index contributed by atoms with van der Waals surface area (Å²) in [6.45, 7) is 1.41. The van der Waals surface area contributed by atoms with E-state index < -0.39 is 0 Å². The Balaban J connectivity index is 1.15. The average molecular weight is 573 g/mol. The number of hydrogen-bond donors (Lipinski definition) is 1. The minimum Gasteiger partial charge on any atom is -0.377 e. The molecule has 2 fully saturated rings. The van der Waals surface area contributed by atoms with E-state index in [-0.39, 0.29) is 30.8 Å². The number of halogens is 2. The summed E-state index contributed by atoms with van der Waals surface area (Å²) in [6.07, 6.45) is 10.3. The standard InChI is InChI=1S/C30H35Cl2N3O4/c1-34-17-25(24-11-5-6-12-29(24)34)30(37)33-28-16-26(31)20(15-27(28)32)14-22(36)19-39-35-13-7-8-21(35)18-38-23-9-3-2-4-10-23/h5-6,11-12,15-17,21,23H,2-4,7-10,13-14,18-19H2,1H3,(H,33,37)/t21-/m0/s1. The number of aromatic nitrogens is 1. The molecule has 1 saturated carbocycles. The second-order valence-corrected chi connectivity index (χ2v) is 11.4. The maximum Gasteiger partial charge on any atom is 0.257 e. The van der Waals surface area contributed by atoms with Gasteiger partial charge in [0.05, 0.1) is 35.0 Å². The Morgan fingerprint density at radius 3 is 2.64 bits per heavy atom. The monoisotopic (exact) mass is 571 g/mol. The average Bonchev–Trinajstić information content (AvgIpc) is 3.53. The molecule has 1 amide bonds. The first-order chi connectivity index (χ1) is 18.9. The lowest BCUT2D eigenvalue weighted by Crippen LogP contribution is -2.36. The van der Waals surface area contributed by atoms with Gasteiger partial charge in [0.25, 0.3) is 5.91 Å². The topological polar surface area (TPSA) is 72.8 Å². The van der Waals surface area contributed by atoms with E-state index in [2.05, 4.69) is 5.32 Å². The van der Waals surface area contributed by atoms with E-state index in [1.807, 2.05) is 40.9 Å². The van der Waals surface area contributed by atoms with Gasteiger partial charge in [-0.3, -0.25) is 14.4 Å². The Labute approximate surface area is 239 Å². The zero-order valence-corrected chi connectivity index (χ0v) is 23.8. The lowest BCUT2D eigenvalue weighted by molar-refractivity contribution is -0.185. The number of nitrogens with zero attached hydrogens (tertiary/aromatic N) is 2. The quantitative estimate of drug-likeness (QED) is 0.297. The molecule has 9 heteroatoms. The lowest BCUT2D eigenvalue weighted by atomic mass is 9.98. The van der Waals surface area contributed by atoms with E-state index in [0.29, 0.717) is 39.6 Å². The van der Waals surface area contributed by atoms with Crippen LogP contribution in [-0.2, 0) is 27.8 Å². The van der Waals surface area contributed by atoms with E-state index in [0.717, 1.165) is 43.1 Å². The SMILES string of the molecule is Cn1cc(C(=O)Nc2cc(Cl)c(CC(=O)CON3CCC[C@H]3COC3CCCCC3)cc2Cl)c2ccccc21. The third-order valence-corrected chi connectivity index (χ3v) is 8.37. The molecule has 208 valence electrons. The van der Waals surface area contributed by atoms with E-state index >= 15 is 0 Å². The van der Waals surface area contributed by atoms with Crippen molar-refractivity contribution in [2.75, 3.05) is 25.1 Å².